The van der Waals surface area contributed by atoms with Crippen LogP contribution in [0.25, 0.3) is 0 Å². The summed E-state index contributed by atoms with van der Waals surface area (Å²) in [5, 5.41) is 0.479. The largest absolute Gasteiger partial charge is 0.480 e. The minimum absolute atomic E-state index is 0.106. The average Bonchev–Trinajstić information content (AvgIpc) is 3.36. The summed E-state index contributed by atoms with van der Waals surface area (Å²) in [6, 6.07) is 1.87. The fraction of sp³-hybridized carbons (Fsp3) is 0.583. The Morgan fingerprint density at radius 3 is 2.82 bits per heavy atom. The number of carbonyl (C=O) groups is 1. The highest BCUT2D eigenvalue weighted by Gasteiger charge is 2.32. The lowest BCUT2D eigenvalue weighted by molar-refractivity contribution is -0.137. The highest BCUT2D eigenvalue weighted by molar-refractivity contribution is 6.32. The van der Waals surface area contributed by atoms with E-state index in [1.54, 1.807) is 19.6 Å². The highest BCUT2D eigenvalue weighted by atomic mass is 35.5. The summed E-state index contributed by atoms with van der Waals surface area (Å²) < 4.78 is 16.8. The molecule has 3 aliphatic heterocycles. The molecule has 5 rings (SSSR count). The summed E-state index contributed by atoms with van der Waals surface area (Å²) in [6.45, 7) is 4.87. The van der Waals surface area contributed by atoms with E-state index < -0.39 is 0 Å². The molecule has 0 bridgehead atoms. The van der Waals surface area contributed by atoms with Gasteiger partial charge in [-0.2, -0.15) is 0 Å². The summed E-state index contributed by atoms with van der Waals surface area (Å²) in [4.78, 5) is 30.2. The second-order valence-electron chi connectivity index (χ2n) is 9.10. The molecule has 1 unspecified atom stereocenters. The Hall–Kier alpha value is -2.65. The molecule has 34 heavy (non-hydrogen) atoms. The molecule has 5 heterocycles. The smallest absolute Gasteiger partial charge is 0.232 e. The number of hydrogen-bond acceptors (Lipinski definition) is 8. The third-order valence-corrected chi connectivity index (χ3v) is 7.21. The standard InChI is InChI=1S/C24H30ClN5O4/c1-32-23-20(25)10-18(11-26-23)29-7-3-21-19(13-29)22(28-15-27-21)34-14-16-2-6-30(12-16)24(31)17-4-8-33-9-5-17/h10-11,15-17H,2-9,12-14H2,1H3. The van der Waals surface area contributed by atoms with Crippen molar-refractivity contribution in [2.45, 2.75) is 32.2 Å². The number of methoxy groups -OCH3 is 1. The first-order chi connectivity index (χ1) is 16.6. The van der Waals surface area contributed by atoms with E-state index in [0.29, 0.717) is 49.1 Å². The number of ether oxygens (including phenoxy) is 3. The van der Waals surface area contributed by atoms with Gasteiger partial charge in [0.25, 0.3) is 0 Å². The number of amides is 1. The number of halogens is 1. The van der Waals surface area contributed by atoms with Crippen LogP contribution in [0.15, 0.2) is 18.6 Å². The summed E-state index contributed by atoms with van der Waals surface area (Å²) in [5.74, 6) is 1.72. The first kappa shape index (κ1) is 23.1. The lowest BCUT2D eigenvalue weighted by Crippen LogP contribution is -2.37. The van der Waals surface area contributed by atoms with Crippen LogP contribution in [0.1, 0.15) is 30.5 Å². The number of pyridine rings is 1. The molecular formula is C24H30ClN5O4. The Balaban J connectivity index is 1.21. The van der Waals surface area contributed by atoms with Gasteiger partial charge in [0.2, 0.25) is 17.7 Å². The number of fused-ring (bicyclic) bond motifs is 1. The first-order valence-corrected chi connectivity index (χ1v) is 12.3. The molecule has 9 nitrogen and oxygen atoms in total. The third-order valence-electron chi connectivity index (χ3n) is 6.94. The van der Waals surface area contributed by atoms with Crippen molar-refractivity contribution in [3.05, 3.63) is 34.9 Å². The molecule has 2 aromatic rings. The van der Waals surface area contributed by atoms with Crippen LogP contribution in [0, 0.1) is 11.8 Å². The zero-order chi connectivity index (χ0) is 23.5. The number of aromatic nitrogens is 3. The Morgan fingerprint density at radius 1 is 1.18 bits per heavy atom. The minimum atomic E-state index is 0.106. The van der Waals surface area contributed by atoms with Gasteiger partial charge in [-0.15, -0.1) is 0 Å². The second-order valence-corrected chi connectivity index (χ2v) is 9.50. The molecular weight excluding hydrogens is 458 g/mol. The zero-order valence-electron chi connectivity index (χ0n) is 19.4. The molecule has 0 spiro atoms. The third kappa shape index (κ3) is 4.90. The van der Waals surface area contributed by atoms with Crippen LogP contribution in [0.3, 0.4) is 0 Å². The highest BCUT2D eigenvalue weighted by Crippen LogP contribution is 2.32. The number of likely N-dealkylation sites (tertiary alicyclic amines) is 1. The maximum atomic E-state index is 12.8. The van der Waals surface area contributed by atoms with Crippen molar-refractivity contribution in [3.8, 4) is 11.8 Å². The zero-order valence-corrected chi connectivity index (χ0v) is 20.2. The van der Waals surface area contributed by atoms with Crippen LogP contribution < -0.4 is 14.4 Å². The molecule has 0 saturated carbocycles. The van der Waals surface area contributed by atoms with Crippen molar-refractivity contribution in [1.29, 1.82) is 0 Å². The van der Waals surface area contributed by atoms with Crippen molar-refractivity contribution >= 4 is 23.2 Å². The normalized spacial score (nSPS) is 20.8. The number of hydrogen-bond donors (Lipinski definition) is 0. The van der Waals surface area contributed by atoms with E-state index in [2.05, 4.69) is 19.9 Å². The van der Waals surface area contributed by atoms with Gasteiger partial charge in [0.05, 0.1) is 43.4 Å². The molecule has 0 aromatic carbocycles. The molecule has 1 amide bonds. The van der Waals surface area contributed by atoms with Crippen LogP contribution in [-0.2, 0) is 22.5 Å². The van der Waals surface area contributed by atoms with Crippen LogP contribution in [-0.4, -0.2) is 72.3 Å². The fourth-order valence-electron chi connectivity index (χ4n) is 4.97. The monoisotopic (exact) mass is 487 g/mol. The summed E-state index contributed by atoms with van der Waals surface area (Å²) in [6.07, 6.45) is 6.73. The van der Waals surface area contributed by atoms with E-state index in [-0.39, 0.29) is 11.8 Å². The van der Waals surface area contributed by atoms with Gasteiger partial charge < -0.3 is 24.0 Å². The van der Waals surface area contributed by atoms with Crippen LogP contribution in [0.4, 0.5) is 5.69 Å². The van der Waals surface area contributed by atoms with Gasteiger partial charge in [0.1, 0.15) is 11.3 Å². The first-order valence-electron chi connectivity index (χ1n) is 11.9. The lowest BCUT2D eigenvalue weighted by Gasteiger charge is -2.30. The summed E-state index contributed by atoms with van der Waals surface area (Å²) >= 11 is 6.29. The van der Waals surface area contributed by atoms with Gasteiger partial charge in [0, 0.05) is 51.1 Å². The maximum absolute atomic E-state index is 12.8. The van der Waals surface area contributed by atoms with E-state index in [1.165, 1.54) is 0 Å². The number of anilines is 1. The van der Waals surface area contributed by atoms with Crippen molar-refractivity contribution in [2.75, 3.05) is 51.5 Å². The van der Waals surface area contributed by atoms with Gasteiger partial charge in [-0.25, -0.2) is 15.0 Å². The van der Waals surface area contributed by atoms with Crippen molar-refractivity contribution in [3.63, 3.8) is 0 Å². The topological polar surface area (TPSA) is 89.9 Å². The molecule has 10 heteroatoms. The van der Waals surface area contributed by atoms with E-state index in [9.17, 15) is 4.79 Å². The molecule has 2 fully saturated rings. The minimum Gasteiger partial charge on any atom is -0.480 e. The van der Waals surface area contributed by atoms with Gasteiger partial charge in [0.15, 0.2) is 0 Å². The van der Waals surface area contributed by atoms with Gasteiger partial charge in [-0.1, -0.05) is 11.6 Å². The van der Waals surface area contributed by atoms with Crippen LogP contribution in [0.2, 0.25) is 5.02 Å². The Bertz CT molecular complexity index is 1030. The Labute approximate surface area is 204 Å². The maximum Gasteiger partial charge on any atom is 0.232 e. The van der Waals surface area contributed by atoms with E-state index in [1.807, 2.05) is 11.0 Å². The Kier molecular flexibility index (Phi) is 7.01. The lowest BCUT2D eigenvalue weighted by atomic mass is 9.99. The number of rotatable bonds is 6. The SMILES string of the molecule is COc1ncc(N2CCc3ncnc(OCC4CCN(C(=O)C5CCOCC5)C4)c3C2)cc1Cl. The molecule has 0 N–H and O–H groups in total. The average molecular weight is 488 g/mol. The van der Waals surface area contributed by atoms with Crippen molar-refractivity contribution in [1.82, 2.24) is 19.9 Å². The predicted molar refractivity (Wildman–Crippen MR) is 126 cm³/mol. The molecule has 0 aliphatic carbocycles. The molecule has 3 aliphatic rings. The molecule has 2 saturated heterocycles. The van der Waals surface area contributed by atoms with Crippen molar-refractivity contribution < 1.29 is 19.0 Å². The van der Waals surface area contributed by atoms with E-state index in [4.69, 9.17) is 25.8 Å². The summed E-state index contributed by atoms with van der Waals surface area (Å²) in [7, 11) is 1.55. The van der Waals surface area contributed by atoms with Gasteiger partial charge in [-0.3, -0.25) is 4.79 Å². The quantitative estimate of drug-likeness (QED) is 0.614. The second kappa shape index (κ2) is 10.3. The van der Waals surface area contributed by atoms with Crippen LogP contribution in [0.5, 0.6) is 11.8 Å². The summed E-state index contributed by atoms with van der Waals surface area (Å²) in [5.41, 5.74) is 2.93. The van der Waals surface area contributed by atoms with Crippen LogP contribution >= 0.6 is 11.6 Å². The Morgan fingerprint density at radius 2 is 2.03 bits per heavy atom. The van der Waals surface area contributed by atoms with Crippen molar-refractivity contribution in [2.24, 2.45) is 11.8 Å². The molecule has 1 atom stereocenters. The molecule has 2 aromatic heterocycles. The fourth-order valence-corrected chi connectivity index (χ4v) is 5.20. The van der Waals surface area contributed by atoms with Gasteiger partial charge in [-0.05, 0) is 25.3 Å². The van der Waals surface area contributed by atoms with Gasteiger partial charge >= 0.3 is 0 Å². The van der Waals surface area contributed by atoms with E-state index >= 15 is 0 Å². The number of nitrogens with zero attached hydrogens (tertiary/aromatic N) is 5. The molecule has 182 valence electrons. The number of carbonyl (C=O) groups excluding carboxylic acids is 1. The molecule has 0 radical (unpaired) electrons. The predicted octanol–water partition coefficient (Wildman–Crippen LogP) is 2.75. The van der Waals surface area contributed by atoms with E-state index in [0.717, 1.165) is 62.3 Å².